The number of pyridine rings is 1. The Balaban J connectivity index is 1.93. The van der Waals surface area contributed by atoms with Crippen molar-refractivity contribution < 1.29 is 14.6 Å². The standard InChI is InChI=1S/C14H14N2O3/c17-14(18)10-19-13-5-1-3-11(7-13)8-16-12-4-2-6-15-9-12/h1-7,9,16H,8,10H2,(H,17,18). The summed E-state index contributed by atoms with van der Waals surface area (Å²) in [5.74, 6) is -0.438. The van der Waals surface area contributed by atoms with Crippen LogP contribution in [0.1, 0.15) is 5.56 Å². The maximum atomic E-state index is 10.4. The Morgan fingerprint density at radius 3 is 2.95 bits per heavy atom. The lowest BCUT2D eigenvalue weighted by molar-refractivity contribution is -0.139. The van der Waals surface area contributed by atoms with Gasteiger partial charge in [-0.1, -0.05) is 12.1 Å². The molecule has 0 saturated heterocycles. The Bertz CT molecular complexity index is 543. The van der Waals surface area contributed by atoms with Crippen molar-refractivity contribution >= 4 is 11.7 Å². The van der Waals surface area contributed by atoms with Gasteiger partial charge in [0.25, 0.3) is 0 Å². The normalized spacial score (nSPS) is 9.89. The Morgan fingerprint density at radius 2 is 2.21 bits per heavy atom. The molecular formula is C14H14N2O3. The van der Waals surface area contributed by atoms with Gasteiger partial charge < -0.3 is 15.2 Å². The minimum Gasteiger partial charge on any atom is -0.482 e. The second-order valence-electron chi connectivity index (χ2n) is 3.93. The van der Waals surface area contributed by atoms with Crippen molar-refractivity contribution in [3.05, 3.63) is 54.4 Å². The molecule has 5 nitrogen and oxygen atoms in total. The second-order valence-corrected chi connectivity index (χ2v) is 3.93. The molecule has 5 heteroatoms. The van der Waals surface area contributed by atoms with E-state index in [1.54, 1.807) is 18.5 Å². The van der Waals surface area contributed by atoms with Crippen LogP contribution in [0.15, 0.2) is 48.8 Å². The Morgan fingerprint density at radius 1 is 1.32 bits per heavy atom. The highest BCUT2D eigenvalue weighted by Crippen LogP contribution is 2.14. The second kappa shape index (κ2) is 6.39. The summed E-state index contributed by atoms with van der Waals surface area (Å²) in [6.07, 6.45) is 3.45. The molecular weight excluding hydrogens is 244 g/mol. The Hall–Kier alpha value is -2.56. The number of aromatic nitrogens is 1. The van der Waals surface area contributed by atoms with E-state index in [0.29, 0.717) is 12.3 Å². The average Bonchev–Trinajstić information content (AvgIpc) is 2.44. The highest BCUT2D eigenvalue weighted by atomic mass is 16.5. The molecule has 0 aliphatic rings. The van der Waals surface area contributed by atoms with Crippen molar-refractivity contribution in [2.45, 2.75) is 6.54 Å². The number of carboxylic acid groups (broad SMARTS) is 1. The summed E-state index contributed by atoms with van der Waals surface area (Å²) < 4.78 is 5.12. The highest BCUT2D eigenvalue weighted by molar-refractivity contribution is 5.68. The van der Waals surface area contributed by atoms with E-state index in [1.165, 1.54) is 0 Å². The lowest BCUT2D eigenvalue weighted by Crippen LogP contribution is -2.09. The van der Waals surface area contributed by atoms with Gasteiger partial charge in [0.15, 0.2) is 6.61 Å². The summed E-state index contributed by atoms with van der Waals surface area (Å²) in [5.41, 5.74) is 1.94. The molecule has 0 atom stereocenters. The number of rotatable bonds is 6. The van der Waals surface area contributed by atoms with E-state index < -0.39 is 5.97 Å². The summed E-state index contributed by atoms with van der Waals surface area (Å²) in [5, 5.41) is 11.8. The number of aliphatic carboxylic acids is 1. The predicted octanol–water partition coefficient (Wildman–Crippen LogP) is 2.16. The van der Waals surface area contributed by atoms with Crippen LogP contribution in [0.25, 0.3) is 0 Å². The molecule has 19 heavy (non-hydrogen) atoms. The van der Waals surface area contributed by atoms with Crippen LogP contribution in [0.3, 0.4) is 0 Å². The van der Waals surface area contributed by atoms with Crippen LogP contribution in [-0.2, 0) is 11.3 Å². The van der Waals surface area contributed by atoms with Gasteiger partial charge in [-0.25, -0.2) is 4.79 Å². The zero-order valence-corrected chi connectivity index (χ0v) is 10.2. The first kappa shape index (κ1) is 12.9. The number of hydrogen-bond acceptors (Lipinski definition) is 4. The molecule has 0 saturated carbocycles. The number of anilines is 1. The molecule has 0 bridgehead atoms. The number of carbonyl (C=O) groups is 1. The fourth-order valence-corrected chi connectivity index (χ4v) is 1.56. The SMILES string of the molecule is O=C(O)COc1cccc(CNc2cccnc2)c1. The minimum atomic E-state index is -0.987. The van der Waals surface area contributed by atoms with Crippen molar-refractivity contribution in [2.75, 3.05) is 11.9 Å². The number of carboxylic acids is 1. The van der Waals surface area contributed by atoms with Gasteiger partial charge in [0, 0.05) is 18.9 Å². The van der Waals surface area contributed by atoms with Crippen LogP contribution < -0.4 is 10.1 Å². The highest BCUT2D eigenvalue weighted by Gasteiger charge is 2.00. The minimum absolute atomic E-state index is 0.334. The number of ether oxygens (including phenoxy) is 1. The van der Waals surface area contributed by atoms with E-state index in [4.69, 9.17) is 9.84 Å². The first-order chi connectivity index (χ1) is 9.24. The molecule has 2 aromatic rings. The Labute approximate surface area is 110 Å². The molecule has 98 valence electrons. The van der Waals surface area contributed by atoms with Gasteiger partial charge in [-0.3, -0.25) is 4.98 Å². The van der Waals surface area contributed by atoms with E-state index in [-0.39, 0.29) is 6.61 Å². The monoisotopic (exact) mass is 258 g/mol. The maximum absolute atomic E-state index is 10.4. The van der Waals surface area contributed by atoms with Crippen molar-refractivity contribution in [2.24, 2.45) is 0 Å². The van der Waals surface area contributed by atoms with Crippen molar-refractivity contribution in [1.29, 1.82) is 0 Å². The van der Waals surface area contributed by atoms with E-state index in [2.05, 4.69) is 10.3 Å². The van der Waals surface area contributed by atoms with Crippen molar-refractivity contribution in [1.82, 2.24) is 4.98 Å². The molecule has 1 aromatic heterocycles. The Kier molecular flexibility index (Phi) is 4.34. The molecule has 0 radical (unpaired) electrons. The van der Waals surface area contributed by atoms with Gasteiger partial charge in [-0.2, -0.15) is 0 Å². The topological polar surface area (TPSA) is 71.5 Å². The fourth-order valence-electron chi connectivity index (χ4n) is 1.56. The third-order valence-corrected chi connectivity index (χ3v) is 2.42. The summed E-state index contributed by atoms with van der Waals surface area (Å²) in [7, 11) is 0. The quantitative estimate of drug-likeness (QED) is 0.830. The third kappa shape index (κ3) is 4.31. The van der Waals surface area contributed by atoms with E-state index in [9.17, 15) is 4.79 Å². The number of nitrogens with zero attached hydrogens (tertiary/aromatic N) is 1. The molecule has 0 spiro atoms. The van der Waals surface area contributed by atoms with Crippen LogP contribution >= 0.6 is 0 Å². The first-order valence-electron chi connectivity index (χ1n) is 5.81. The van der Waals surface area contributed by atoms with Crippen molar-refractivity contribution in [3.8, 4) is 5.75 Å². The van der Waals surface area contributed by atoms with Gasteiger partial charge in [0.1, 0.15) is 5.75 Å². The van der Waals surface area contributed by atoms with Gasteiger partial charge in [0.05, 0.1) is 5.69 Å². The smallest absolute Gasteiger partial charge is 0.341 e. The molecule has 2 N–H and O–H groups in total. The molecule has 0 unspecified atom stereocenters. The zero-order chi connectivity index (χ0) is 13.5. The molecule has 1 heterocycles. The summed E-state index contributed by atoms with van der Waals surface area (Å²) in [6, 6.07) is 11.1. The van der Waals surface area contributed by atoms with E-state index >= 15 is 0 Å². The zero-order valence-electron chi connectivity index (χ0n) is 10.2. The van der Waals surface area contributed by atoms with E-state index in [0.717, 1.165) is 11.3 Å². The van der Waals surface area contributed by atoms with E-state index in [1.807, 2.05) is 30.3 Å². The van der Waals surface area contributed by atoms with Crippen LogP contribution in [0, 0.1) is 0 Å². The summed E-state index contributed by atoms with van der Waals surface area (Å²) in [4.78, 5) is 14.4. The van der Waals surface area contributed by atoms with Gasteiger partial charge >= 0.3 is 5.97 Å². The number of nitrogens with one attached hydrogen (secondary N) is 1. The van der Waals surface area contributed by atoms with Crippen LogP contribution in [0.5, 0.6) is 5.75 Å². The molecule has 0 fully saturated rings. The van der Waals surface area contributed by atoms with Crippen molar-refractivity contribution in [3.63, 3.8) is 0 Å². The first-order valence-corrected chi connectivity index (χ1v) is 5.81. The largest absolute Gasteiger partial charge is 0.482 e. The van der Waals surface area contributed by atoms with Gasteiger partial charge in [0.2, 0.25) is 0 Å². The molecule has 0 aliphatic carbocycles. The molecule has 2 rings (SSSR count). The summed E-state index contributed by atoms with van der Waals surface area (Å²) >= 11 is 0. The average molecular weight is 258 g/mol. The van der Waals surface area contributed by atoms with Crippen LogP contribution in [0.4, 0.5) is 5.69 Å². The van der Waals surface area contributed by atoms with Gasteiger partial charge in [-0.05, 0) is 29.8 Å². The third-order valence-electron chi connectivity index (χ3n) is 2.42. The number of hydrogen-bond donors (Lipinski definition) is 2. The number of benzene rings is 1. The van der Waals surface area contributed by atoms with Gasteiger partial charge in [-0.15, -0.1) is 0 Å². The molecule has 0 amide bonds. The predicted molar refractivity (Wildman–Crippen MR) is 71.1 cm³/mol. The molecule has 0 aliphatic heterocycles. The fraction of sp³-hybridized carbons (Fsp3) is 0.143. The summed E-state index contributed by atoms with van der Waals surface area (Å²) in [6.45, 7) is 0.287. The maximum Gasteiger partial charge on any atom is 0.341 e. The van der Waals surface area contributed by atoms with Crippen LogP contribution in [-0.4, -0.2) is 22.7 Å². The lowest BCUT2D eigenvalue weighted by Gasteiger charge is -2.08. The molecule has 1 aromatic carbocycles. The van der Waals surface area contributed by atoms with Crippen LogP contribution in [0.2, 0.25) is 0 Å². The lowest BCUT2D eigenvalue weighted by atomic mass is 10.2.